The van der Waals surface area contributed by atoms with Crippen LogP contribution in [-0.2, 0) is 11.4 Å². The van der Waals surface area contributed by atoms with Crippen molar-refractivity contribution in [2.75, 3.05) is 10.6 Å². The van der Waals surface area contributed by atoms with Crippen LogP contribution in [0.2, 0.25) is 0 Å². The van der Waals surface area contributed by atoms with Gasteiger partial charge in [-0.15, -0.1) is 0 Å². The molecular weight excluding hydrogens is 276 g/mol. The van der Waals surface area contributed by atoms with Gasteiger partial charge in [0.2, 0.25) is 5.91 Å². The van der Waals surface area contributed by atoms with Gasteiger partial charge in [0, 0.05) is 11.4 Å². The van der Waals surface area contributed by atoms with Crippen molar-refractivity contribution < 1.29 is 9.90 Å². The fourth-order valence-electron chi connectivity index (χ4n) is 2.27. The number of aliphatic hydroxyl groups excluding tert-OH is 1. The van der Waals surface area contributed by atoms with Crippen molar-refractivity contribution in [3.05, 3.63) is 59.2 Å². The standard InChI is InChI=1S/C18H22N2O2/c1-12-7-8-17(13(2)9-12)20-18(22)14(3)19-16-6-4-5-15(10-16)11-21/h4-10,14,19,21H,11H2,1-3H3,(H,20,22). The number of rotatable bonds is 5. The molecule has 0 aliphatic carbocycles. The first kappa shape index (κ1) is 16.0. The van der Waals surface area contributed by atoms with E-state index in [2.05, 4.69) is 10.6 Å². The third kappa shape index (κ3) is 4.09. The minimum Gasteiger partial charge on any atom is -0.392 e. The molecule has 0 radical (unpaired) electrons. The molecule has 0 spiro atoms. The van der Waals surface area contributed by atoms with Gasteiger partial charge >= 0.3 is 0 Å². The van der Waals surface area contributed by atoms with E-state index in [0.29, 0.717) is 0 Å². The summed E-state index contributed by atoms with van der Waals surface area (Å²) in [5.41, 5.74) is 4.67. The highest BCUT2D eigenvalue weighted by molar-refractivity contribution is 5.96. The van der Waals surface area contributed by atoms with Crippen LogP contribution < -0.4 is 10.6 Å². The van der Waals surface area contributed by atoms with Crippen LogP contribution in [0, 0.1) is 13.8 Å². The Hall–Kier alpha value is -2.33. The van der Waals surface area contributed by atoms with Crippen molar-refractivity contribution in [1.82, 2.24) is 0 Å². The van der Waals surface area contributed by atoms with E-state index < -0.39 is 0 Å². The van der Waals surface area contributed by atoms with Crippen molar-refractivity contribution in [3.63, 3.8) is 0 Å². The number of hydrogen-bond acceptors (Lipinski definition) is 3. The lowest BCUT2D eigenvalue weighted by Crippen LogP contribution is -2.32. The fourth-order valence-corrected chi connectivity index (χ4v) is 2.27. The summed E-state index contributed by atoms with van der Waals surface area (Å²) in [6.07, 6.45) is 0. The first-order valence-electron chi connectivity index (χ1n) is 7.34. The number of aryl methyl sites for hydroxylation is 2. The molecule has 1 atom stereocenters. The molecule has 2 aromatic rings. The summed E-state index contributed by atoms with van der Waals surface area (Å²) in [6.45, 7) is 5.80. The molecule has 22 heavy (non-hydrogen) atoms. The van der Waals surface area contributed by atoms with Crippen molar-refractivity contribution in [2.45, 2.75) is 33.4 Å². The quantitative estimate of drug-likeness (QED) is 0.794. The summed E-state index contributed by atoms with van der Waals surface area (Å²) >= 11 is 0. The van der Waals surface area contributed by atoms with E-state index in [1.807, 2.05) is 63.2 Å². The van der Waals surface area contributed by atoms with E-state index in [-0.39, 0.29) is 18.6 Å². The average Bonchev–Trinajstić information content (AvgIpc) is 2.50. The summed E-state index contributed by atoms with van der Waals surface area (Å²) in [6, 6.07) is 13.0. The van der Waals surface area contributed by atoms with Gasteiger partial charge in [-0.05, 0) is 50.1 Å². The first-order valence-corrected chi connectivity index (χ1v) is 7.34. The average molecular weight is 298 g/mol. The molecule has 0 aromatic heterocycles. The van der Waals surface area contributed by atoms with Crippen LogP contribution in [0.25, 0.3) is 0 Å². The molecule has 116 valence electrons. The van der Waals surface area contributed by atoms with Gasteiger partial charge in [-0.1, -0.05) is 29.8 Å². The zero-order chi connectivity index (χ0) is 16.1. The Bertz CT molecular complexity index is 668. The Morgan fingerprint density at radius 1 is 1.18 bits per heavy atom. The Labute approximate surface area is 131 Å². The van der Waals surface area contributed by atoms with Gasteiger partial charge in [-0.25, -0.2) is 0 Å². The summed E-state index contributed by atoms with van der Waals surface area (Å²) < 4.78 is 0. The molecule has 0 bridgehead atoms. The topological polar surface area (TPSA) is 61.4 Å². The van der Waals surface area contributed by atoms with E-state index in [1.165, 1.54) is 5.56 Å². The number of carbonyl (C=O) groups excluding carboxylic acids is 1. The largest absolute Gasteiger partial charge is 0.392 e. The molecule has 4 heteroatoms. The first-order chi connectivity index (χ1) is 10.5. The normalized spacial score (nSPS) is 11.8. The van der Waals surface area contributed by atoms with E-state index in [0.717, 1.165) is 22.5 Å². The summed E-state index contributed by atoms with van der Waals surface area (Å²) in [4.78, 5) is 12.3. The van der Waals surface area contributed by atoms with Crippen LogP contribution >= 0.6 is 0 Å². The molecule has 1 unspecified atom stereocenters. The minimum atomic E-state index is -0.380. The Kier molecular flexibility index (Phi) is 5.17. The number of aliphatic hydroxyl groups is 1. The second-order valence-corrected chi connectivity index (χ2v) is 5.53. The molecule has 0 fully saturated rings. The number of amides is 1. The molecule has 0 saturated heterocycles. The molecule has 1 amide bonds. The lowest BCUT2D eigenvalue weighted by atomic mass is 10.1. The highest BCUT2D eigenvalue weighted by Gasteiger charge is 2.13. The second-order valence-electron chi connectivity index (χ2n) is 5.53. The fraction of sp³-hybridized carbons (Fsp3) is 0.278. The van der Waals surface area contributed by atoms with Crippen molar-refractivity contribution in [2.24, 2.45) is 0 Å². The van der Waals surface area contributed by atoms with Gasteiger partial charge in [0.1, 0.15) is 6.04 Å². The lowest BCUT2D eigenvalue weighted by molar-refractivity contribution is -0.116. The third-order valence-corrected chi connectivity index (χ3v) is 3.53. The molecule has 2 rings (SSSR count). The summed E-state index contributed by atoms with van der Waals surface area (Å²) in [7, 11) is 0. The molecule has 2 aromatic carbocycles. The third-order valence-electron chi connectivity index (χ3n) is 3.53. The Morgan fingerprint density at radius 2 is 1.95 bits per heavy atom. The predicted molar refractivity (Wildman–Crippen MR) is 90.0 cm³/mol. The van der Waals surface area contributed by atoms with Crippen LogP contribution in [0.5, 0.6) is 0 Å². The molecule has 0 aliphatic rings. The SMILES string of the molecule is Cc1ccc(NC(=O)C(C)Nc2cccc(CO)c2)c(C)c1. The number of carbonyl (C=O) groups is 1. The highest BCUT2D eigenvalue weighted by Crippen LogP contribution is 2.17. The monoisotopic (exact) mass is 298 g/mol. The number of anilines is 2. The van der Waals surface area contributed by atoms with Crippen LogP contribution in [0.15, 0.2) is 42.5 Å². The van der Waals surface area contributed by atoms with Crippen molar-refractivity contribution >= 4 is 17.3 Å². The van der Waals surface area contributed by atoms with E-state index in [4.69, 9.17) is 5.11 Å². The van der Waals surface area contributed by atoms with Gasteiger partial charge in [0.15, 0.2) is 0 Å². The molecule has 0 heterocycles. The van der Waals surface area contributed by atoms with E-state index in [1.54, 1.807) is 0 Å². The van der Waals surface area contributed by atoms with Crippen LogP contribution in [-0.4, -0.2) is 17.1 Å². The maximum atomic E-state index is 12.3. The zero-order valence-corrected chi connectivity index (χ0v) is 13.2. The van der Waals surface area contributed by atoms with Gasteiger partial charge in [0.25, 0.3) is 0 Å². The number of hydrogen-bond donors (Lipinski definition) is 3. The number of benzene rings is 2. The van der Waals surface area contributed by atoms with E-state index in [9.17, 15) is 4.79 Å². The summed E-state index contributed by atoms with van der Waals surface area (Å²) in [5.74, 6) is -0.0960. The summed E-state index contributed by atoms with van der Waals surface area (Å²) in [5, 5.41) is 15.2. The van der Waals surface area contributed by atoms with Gasteiger partial charge in [0.05, 0.1) is 6.61 Å². The van der Waals surface area contributed by atoms with Gasteiger partial charge < -0.3 is 15.7 Å². The molecular formula is C18H22N2O2. The molecule has 0 aliphatic heterocycles. The highest BCUT2D eigenvalue weighted by atomic mass is 16.3. The predicted octanol–water partition coefficient (Wildman–Crippen LogP) is 3.23. The Morgan fingerprint density at radius 3 is 2.64 bits per heavy atom. The van der Waals surface area contributed by atoms with Crippen molar-refractivity contribution in [1.29, 1.82) is 0 Å². The van der Waals surface area contributed by atoms with Crippen molar-refractivity contribution in [3.8, 4) is 0 Å². The van der Waals surface area contributed by atoms with Gasteiger partial charge in [-0.2, -0.15) is 0 Å². The maximum absolute atomic E-state index is 12.3. The zero-order valence-electron chi connectivity index (χ0n) is 13.2. The lowest BCUT2D eigenvalue weighted by Gasteiger charge is -2.17. The molecule has 0 saturated carbocycles. The van der Waals surface area contributed by atoms with Crippen LogP contribution in [0.4, 0.5) is 11.4 Å². The van der Waals surface area contributed by atoms with Crippen LogP contribution in [0.3, 0.4) is 0 Å². The molecule has 3 N–H and O–H groups in total. The second kappa shape index (κ2) is 7.09. The minimum absolute atomic E-state index is 0.0152. The Balaban J connectivity index is 2.02. The van der Waals surface area contributed by atoms with Gasteiger partial charge in [-0.3, -0.25) is 4.79 Å². The maximum Gasteiger partial charge on any atom is 0.246 e. The number of nitrogens with one attached hydrogen (secondary N) is 2. The molecule has 4 nitrogen and oxygen atoms in total. The van der Waals surface area contributed by atoms with E-state index >= 15 is 0 Å². The van der Waals surface area contributed by atoms with Crippen LogP contribution in [0.1, 0.15) is 23.6 Å². The smallest absolute Gasteiger partial charge is 0.246 e.